The molecular weight excluding hydrogens is 356 g/mol. The Hall–Kier alpha value is -3.59. The molecule has 6 rings (SSSR count). The minimum atomic E-state index is -0.235. The molecule has 2 aliphatic heterocycles. The maximum atomic E-state index is 6.48. The molecule has 4 aromatic carbocycles. The Labute approximate surface area is 169 Å². The molecular formula is C26H20N2O. The van der Waals surface area contributed by atoms with Crippen LogP contribution in [0, 0.1) is 0 Å². The molecule has 140 valence electrons. The highest BCUT2D eigenvalue weighted by atomic mass is 16.5. The van der Waals surface area contributed by atoms with E-state index in [1.807, 2.05) is 12.1 Å². The molecule has 0 bridgehead atoms. The van der Waals surface area contributed by atoms with E-state index in [0.29, 0.717) is 0 Å². The van der Waals surface area contributed by atoms with Crippen LogP contribution in [0.3, 0.4) is 0 Å². The topological polar surface area (TPSA) is 24.8 Å². The van der Waals surface area contributed by atoms with Gasteiger partial charge < -0.3 is 4.74 Å². The summed E-state index contributed by atoms with van der Waals surface area (Å²) in [6, 6.07) is 34.0. The summed E-state index contributed by atoms with van der Waals surface area (Å²) in [7, 11) is 0. The summed E-state index contributed by atoms with van der Waals surface area (Å²) in [6.07, 6.45) is 0.648. The lowest BCUT2D eigenvalue weighted by atomic mass is 9.95. The maximum Gasteiger partial charge on any atom is 0.213 e. The van der Waals surface area contributed by atoms with Crippen molar-refractivity contribution in [3.05, 3.63) is 114 Å². The van der Waals surface area contributed by atoms with Crippen molar-refractivity contribution in [1.29, 1.82) is 0 Å². The van der Waals surface area contributed by atoms with Gasteiger partial charge >= 0.3 is 0 Å². The van der Waals surface area contributed by atoms with E-state index in [1.54, 1.807) is 0 Å². The van der Waals surface area contributed by atoms with Crippen molar-refractivity contribution in [3.8, 4) is 5.75 Å². The fourth-order valence-electron chi connectivity index (χ4n) is 4.42. The second kappa shape index (κ2) is 6.49. The molecule has 2 aliphatic rings. The molecule has 0 saturated carbocycles. The van der Waals surface area contributed by atoms with Crippen LogP contribution in [-0.2, 0) is 0 Å². The maximum absolute atomic E-state index is 6.48. The van der Waals surface area contributed by atoms with Gasteiger partial charge in [0.15, 0.2) is 0 Å². The van der Waals surface area contributed by atoms with E-state index < -0.39 is 0 Å². The monoisotopic (exact) mass is 376 g/mol. The lowest BCUT2D eigenvalue weighted by Crippen LogP contribution is -2.33. The van der Waals surface area contributed by atoms with Gasteiger partial charge in [0.25, 0.3) is 0 Å². The number of fused-ring (bicyclic) bond motifs is 4. The Kier molecular flexibility index (Phi) is 3.66. The third-order valence-corrected chi connectivity index (χ3v) is 5.86. The predicted molar refractivity (Wildman–Crippen MR) is 116 cm³/mol. The van der Waals surface area contributed by atoms with Gasteiger partial charge in [-0.15, -0.1) is 0 Å². The molecule has 0 aromatic heterocycles. The van der Waals surface area contributed by atoms with Crippen LogP contribution in [0.2, 0.25) is 0 Å². The van der Waals surface area contributed by atoms with Gasteiger partial charge in [-0.25, -0.2) is 5.01 Å². The fourth-order valence-corrected chi connectivity index (χ4v) is 4.42. The van der Waals surface area contributed by atoms with Gasteiger partial charge in [0.2, 0.25) is 6.23 Å². The quantitative estimate of drug-likeness (QED) is 0.423. The molecule has 3 heteroatoms. The number of nitrogens with zero attached hydrogens (tertiary/aromatic N) is 2. The zero-order valence-electron chi connectivity index (χ0n) is 15.9. The van der Waals surface area contributed by atoms with Crippen LogP contribution >= 0.6 is 0 Å². The van der Waals surface area contributed by atoms with Gasteiger partial charge in [0, 0.05) is 17.5 Å². The first-order valence-electron chi connectivity index (χ1n) is 10.0. The highest BCUT2D eigenvalue weighted by molar-refractivity contribution is 6.01. The Balaban J connectivity index is 1.47. The molecule has 0 fully saturated rings. The second-order valence-electron chi connectivity index (χ2n) is 7.63. The van der Waals surface area contributed by atoms with Crippen molar-refractivity contribution in [3.63, 3.8) is 0 Å². The first-order chi connectivity index (χ1) is 14.4. The summed E-state index contributed by atoms with van der Waals surface area (Å²) in [5.74, 6) is 0.955. The number of benzene rings is 4. The molecule has 4 aromatic rings. The molecule has 0 unspecified atom stereocenters. The van der Waals surface area contributed by atoms with Gasteiger partial charge in [-0.2, -0.15) is 5.10 Å². The van der Waals surface area contributed by atoms with Gasteiger partial charge in [-0.1, -0.05) is 84.9 Å². The Morgan fingerprint density at radius 1 is 0.759 bits per heavy atom. The molecule has 0 radical (unpaired) electrons. The number of ether oxygens (including phenoxy) is 1. The van der Waals surface area contributed by atoms with E-state index >= 15 is 0 Å². The van der Waals surface area contributed by atoms with Crippen molar-refractivity contribution in [2.75, 3.05) is 0 Å². The van der Waals surface area contributed by atoms with E-state index in [4.69, 9.17) is 9.84 Å². The summed E-state index contributed by atoms with van der Waals surface area (Å²) in [5.41, 5.74) is 4.62. The Bertz CT molecular complexity index is 1230. The number of hydrogen-bond acceptors (Lipinski definition) is 3. The van der Waals surface area contributed by atoms with Gasteiger partial charge in [-0.3, -0.25) is 0 Å². The van der Waals surface area contributed by atoms with E-state index in [-0.39, 0.29) is 12.3 Å². The molecule has 0 N–H and O–H groups in total. The lowest BCUT2D eigenvalue weighted by molar-refractivity contribution is -0.0189. The molecule has 2 atom stereocenters. The summed E-state index contributed by atoms with van der Waals surface area (Å²) < 4.78 is 6.48. The van der Waals surface area contributed by atoms with Crippen LogP contribution < -0.4 is 4.74 Å². The van der Waals surface area contributed by atoms with E-state index in [2.05, 4.69) is 89.9 Å². The minimum absolute atomic E-state index is 0.187. The highest BCUT2D eigenvalue weighted by Gasteiger charge is 2.40. The van der Waals surface area contributed by atoms with Crippen LogP contribution in [0.15, 0.2) is 102 Å². The third kappa shape index (κ3) is 2.70. The number of hydrogen-bond donors (Lipinski definition) is 0. The minimum Gasteiger partial charge on any atom is -0.464 e. The average molecular weight is 376 g/mol. The summed E-state index contributed by atoms with van der Waals surface area (Å²) in [5, 5.41) is 9.64. The van der Waals surface area contributed by atoms with Crippen molar-refractivity contribution in [1.82, 2.24) is 5.01 Å². The molecule has 3 nitrogen and oxygen atoms in total. The number of hydrazone groups is 1. The van der Waals surface area contributed by atoms with Crippen molar-refractivity contribution in [2.45, 2.75) is 18.7 Å². The molecule has 2 heterocycles. The second-order valence-corrected chi connectivity index (χ2v) is 7.63. The van der Waals surface area contributed by atoms with E-state index in [1.165, 1.54) is 21.9 Å². The molecule has 0 saturated heterocycles. The summed E-state index contributed by atoms with van der Waals surface area (Å²) in [6.45, 7) is 0. The van der Waals surface area contributed by atoms with Gasteiger partial charge in [0.1, 0.15) is 5.75 Å². The largest absolute Gasteiger partial charge is 0.464 e. The smallest absolute Gasteiger partial charge is 0.213 e. The molecule has 29 heavy (non-hydrogen) atoms. The average Bonchev–Trinajstić information content (AvgIpc) is 3.25. The first kappa shape index (κ1) is 16.4. The molecule has 0 amide bonds. The van der Waals surface area contributed by atoms with Gasteiger partial charge in [0.05, 0.1) is 11.8 Å². The summed E-state index contributed by atoms with van der Waals surface area (Å²) >= 11 is 0. The van der Waals surface area contributed by atoms with Gasteiger partial charge in [-0.05, 0) is 28.5 Å². The number of rotatable bonds is 2. The van der Waals surface area contributed by atoms with E-state index in [0.717, 1.165) is 23.4 Å². The lowest BCUT2D eigenvalue weighted by Gasteiger charge is -2.38. The van der Waals surface area contributed by atoms with Crippen LogP contribution in [0.5, 0.6) is 5.75 Å². The normalized spacial score (nSPS) is 20.0. The number of para-hydroxylation sites is 1. The van der Waals surface area contributed by atoms with Crippen LogP contribution in [0.25, 0.3) is 10.8 Å². The van der Waals surface area contributed by atoms with Crippen molar-refractivity contribution in [2.24, 2.45) is 5.10 Å². The van der Waals surface area contributed by atoms with Crippen molar-refractivity contribution < 1.29 is 4.74 Å². The van der Waals surface area contributed by atoms with Crippen LogP contribution in [-0.4, -0.2) is 10.7 Å². The zero-order chi connectivity index (χ0) is 19.2. The molecule has 0 spiro atoms. The summed E-state index contributed by atoms with van der Waals surface area (Å²) in [4.78, 5) is 0. The zero-order valence-corrected chi connectivity index (χ0v) is 15.9. The van der Waals surface area contributed by atoms with E-state index in [9.17, 15) is 0 Å². The highest BCUT2D eigenvalue weighted by Crippen LogP contribution is 2.47. The third-order valence-electron chi connectivity index (χ3n) is 5.86. The van der Waals surface area contributed by atoms with Crippen LogP contribution in [0.1, 0.15) is 35.4 Å². The standard InChI is InChI=1S/C26H20N2O/c1-2-9-19(10-3-1)23-17-24-22-12-6-7-13-25(22)29-26(28(24)27-23)21-15-14-18-8-4-5-11-20(18)16-21/h1-16,24,26H,17H2/t24-,26-/m1/s1. The van der Waals surface area contributed by atoms with Crippen LogP contribution in [0.4, 0.5) is 0 Å². The predicted octanol–water partition coefficient (Wildman–Crippen LogP) is 6.08. The Morgan fingerprint density at radius 2 is 1.52 bits per heavy atom. The van der Waals surface area contributed by atoms with Crippen molar-refractivity contribution >= 4 is 16.5 Å². The SMILES string of the molecule is c1ccc(C2=NN3[C@H](C2)c2ccccc2O[C@@H]3c2ccc3ccccc3c2)cc1. The fraction of sp³-hybridized carbons (Fsp3) is 0.115. The Morgan fingerprint density at radius 3 is 2.41 bits per heavy atom. The first-order valence-corrected chi connectivity index (χ1v) is 10.0. The molecule has 0 aliphatic carbocycles.